The number of hydrogen-bond acceptors (Lipinski definition) is 6. The molecule has 0 unspecified atom stereocenters. The summed E-state index contributed by atoms with van der Waals surface area (Å²) in [4.78, 5) is 34.0. The molecule has 5 rings (SSSR count). The summed E-state index contributed by atoms with van der Waals surface area (Å²) in [5, 5.41) is 20.8. The van der Waals surface area contributed by atoms with E-state index >= 15 is 0 Å². The van der Waals surface area contributed by atoms with Crippen molar-refractivity contribution < 1.29 is 14.7 Å². The van der Waals surface area contributed by atoms with Crippen LogP contribution < -0.4 is 10.6 Å². The van der Waals surface area contributed by atoms with Gasteiger partial charge in [0.15, 0.2) is 0 Å². The molecule has 0 spiro atoms. The number of aliphatic hydroxyl groups is 1. The standard InChI is InChI=1S/C38H46N4O3S/c1-25-17-29(21-30(18-25)37(45)42-16-10-15-33(42)36-40-26(2)24-46-36)35(44)41-32(20-27-11-7-6-8-12-27)34(43)23-39-22-28-13-9-14-31(19-28)38(3,4)5/h6-9,11-14,17-19,21,24,32-34,39,43H,10,15-16,20,22-23H2,1-5H3,(H,41,44)/t32-,33+,34-/m0/s1. The first kappa shape index (κ1) is 33.5. The zero-order valence-electron chi connectivity index (χ0n) is 27.5. The number of carbonyl (C=O) groups excluding carboxylic acids is 2. The first-order valence-corrected chi connectivity index (χ1v) is 17.0. The maximum Gasteiger partial charge on any atom is 0.254 e. The molecule has 46 heavy (non-hydrogen) atoms. The number of carbonyl (C=O) groups is 2. The van der Waals surface area contributed by atoms with Gasteiger partial charge in [0, 0.05) is 41.8 Å². The van der Waals surface area contributed by atoms with Gasteiger partial charge in [-0.15, -0.1) is 11.3 Å². The van der Waals surface area contributed by atoms with Crippen LogP contribution in [-0.4, -0.2) is 52.0 Å². The number of likely N-dealkylation sites (tertiary alicyclic amines) is 1. The lowest BCUT2D eigenvalue weighted by Gasteiger charge is -2.26. The van der Waals surface area contributed by atoms with Gasteiger partial charge in [-0.05, 0) is 79.0 Å². The van der Waals surface area contributed by atoms with E-state index in [1.165, 1.54) is 5.56 Å². The van der Waals surface area contributed by atoms with Crippen LogP contribution in [0.15, 0.2) is 78.2 Å². The van der Waals surface area contributed by atoms with E-state index in [1.54, 1.807) is 23.5 Å². The molecule has 3 aromatic carbocycles. The van der Waals surface area contributed by atoms with Crippen molar-refractivity contribution >= 4 is 23.2 Å². The highest BCUT2D eigenvalue weighted by atomic mass is 32.1. The van der Waals surface area contributed by atoms with Crippen molar-refractivity contribution in [1.29, 1.82) is 0 Å². The highest BCUT2D eigenvalue weighted by molar-refractivity contribution is 7.09. The molecule has 7 nitrogen and oxygen atoms in total. The molecule has 8 heteroatoms. The third-order valence-corrected chi connectivity index (χ3v) is 9.64. The van der Waals surface area contributed by atoms with Gasteiger partial charge in [-0.25, -0.2) is 4.98 Å². The molecular weight excluding hydrogens is 593 g/mol. The van der Waals surface area contributed by atoms with E-state index < -0.39 is 12.1 Å². The van der Waals surface area contributed by atoms with Crippen molar-refractivity contribution in [2.24, 2.45) is 0 Å². The second-order valence-electron chi connectivity index (χ2n) is 13.5. The fourth-order valence-electron chi connectivity index (χ4n) is 6.05. The average Bonchev–Trinajstić information content (AvgIpc) is 3.69. The Balaban J connectivity index is 1.29. The molecule has 1 saturated heterocycles. The lowest BCUT2D eigenvalue weighted by Crippen LogP contribution is -2.48. The monoisotopic (exact) mass is 638 g/mol. The Morgan fingerprint density at radius 3 is 2.46 bits per heavy atom. The predicted octanol–water partition coefficient (Wildman–Crippen LogP) is 6.53. The number of aromatic nitrogens is 1. The summed E-state index contributed by atoms with van der Waals surface area (Å²) in [5.74, 6) is -0.405. The van der Waals surface area contributed by atoms with Crippen LogP contribution in [0.2, 0.25) is 0 Å². The zero-order chi connectivity index (χ0) is 32.8. The molecule has 2 heterocycles. The molecule has 0 radical (unpaired) electrons. The molecule has 2 amide bonds. The van der Waals surface area contributed by atoms with E-state index in [1.807, 2.05) is 60.5 Å². The Morgan fingerprint density at radius 1 is 1.00 bits per heavy atom. The summed E-state index contributed by atoms with van der Waals surface area (Å²) in [7, 11) is 0. The van der Waals surface area contributed by atoms with Gasteiger partial charge >= 0.3 is 0 Å². The van der Waals surface area contributed by atoms with Crippen molar-refractivity contribution in [2.75, 3.05) is 13.1 Å². The smallest absolute Gasteiger partial charge is 0.254 e. The summed E-state index contributed by atoms with van der Waals surface area (Å²) in [6.45, 7) is 12.0. The third kappa shape index (κ3) is 8.49. The van der Waals surface area contributed by atoms with Gasteiger partial charge < -0.3 is 20.6 Å². The molecule has 3 N–H and O–H groups in total. The fourth-order valence-corrected chi connectivity index (χ4v) is 7.00. The van der Waals surface area contributed by atoms with Gasteiger partial charge in [-0.2, -0.15) is 0 Å². The van der Waals surface area contributed by atoms with Crippen molar-refractivity contribution in [3.63, 3.8) is 0 Å². The Labute approximate surface area is 277 Å². The number of thiazole rings is 1. The maximum atomic E-state index is 13.8. The summed E-state index contributed by atoms with van der Waals surface area (Å²) < 4.78 is 0. The van der Waals surface area contributed by atoms with Crippen LogP contribution in [0.1, 0.15) is 93.3 Å². The quantitative estimate of drug-likeness (QED) is 0.174. The molecule has 0 saturated carbocycles. The number of rotatable bonds is 11. The van der Waals surface area contributed by atoms with Crippen LogP contribution in [0, 0.1) is 13.8 Å². The first-order valence-electron chi connectivity index (χ1n) is 16.2. The van der Waals surface area contributed by atoms with Crippen LogP contribution in [-0.2, 0) is 18.4 Å². The normalized spacial score (nSPS) is 16.3. The molecular formula is C38H46N4O3S. The predicted molar refractivity (Wildman–Crippen MR) is 185 cm³/mol. The minimum absolute atomic E-state index is 0.0437. The number of aryl methyl sites for hydroxylation is 2. The maximum absolute atomic E-state index is 13.8. The number of benzene rings is 3. The van der Waals surface area contributed by atoms with Crippen LogP contribution in [0.5, 0.6) is 0 Å². The van der Waals surface area contributed by atoms with Gasteiger partial charge in [-0.3, -0.25) is 9.59 Å². The zero-order valence-corrected chi connectivity index (χ0v) is 28.4. The van der Waals surface area contributed by atoms with Crippen LogP contribution in [0.4, 0.5) is 0 Å². The molecule has 1 fully saturated rings. The third-order valence-electron chi connectivity index (χ3n) is 8.58. The topological polar surface area (TPSA) is 94.6 Å². The van der Waals surface area contributed by atoms with Crippen molar-refractivity contribution in [1.82, 2.24) is 20.5 Å². The molecule has 242 valence electrons. The van der Waals surface area contributed by atoms with E-state index in [2.05, 4.69) is 60.7 Å². The van der Waals surface area contributed by atoms with Gasteiger partial charge in [0.05, 0.1) is 18.2 Å². The van der Waals surface area contributed by atoms with E-state index in [0.717, 1.165) is 40.2 Å². The van der Waals surface area contributed by atoms with Gasteiger partial charge in [0.1, 0.15) is 5.01 Å². The number of nitrogens with zero attached hydrogens (tertiary/aromatic N) is 2. The average molecular weight is 639 g/mol. The van der Waals surface area contributed by atoms with E-state index in [4.69, 9.17) is 0 Å². The lowest BCUT2D eigenvalue weighted by molar-refractivity contribution is 0.0735. The molecule has 3 atom stereocenters. The van der Waals surface area contributed by atoms with Crippen LogP contribution in [0.3, 0.4) is 0 Å². The summed E-state index contributed by atoms with van der Waals surface area (Å²) in [5.41, 5.74) is 6.16. The Morgan fingerprint density at radius 2 is 1.74 bits per heavy atom. The van der Waals surface area contributed by atoms with Crippen molar-refractivity contribution in [3.8, 4) is 0 Å². The number of hydrogen-bond donors (Lipinski definition) is 3. The van der Waals surface area contributed by atoms with E-state index in [-0.39, 0.29) is 23.3 Å². The number of nitrogens with one attached hydrogen (secondary N) is 2. The highest BCUT2D eigenvalue weighted by Gasteiger charge is 2.33. The van der Waals surface area contributed by atoms with Crippen LogP contribution >= 0.6 is 11.3 Å². The minimum Gasteiger partial charge on any atom is -0.390 e. The van der Waals surface area contributed by atoms with Gasteiger partial charge in [0.25, 0.3) is 11.8 Å². The van der Waals surface area contributed by atoms with Crippen molar-refractivity contribution in [2.45, 2.75) is 84.0 Å². The molecule has 1 aliphatic rings. The molecule has 1 aliphatic heterocycles. The SMILES string of the molecule is Cc1cc(C(=O)N[C@@H](Cc2ccccc2)[C@@H](O)CNCc2cccc(C(C)(C)C)c2)cc(C(=O)N2CCC[C@@H]2c2nc(C)cs2)c1. The molecule has 0 bridgehead atoms. The van der Waals surface area contributed by atoms with Gasteiger partial charge in [-0.1, -0.05) is 75.4 Å². The second-order valence-corrected chi connectivity index (χ2v) is 14.4. The van der Waals surface area contributed by atoms with E-state index in [9.17, 15) is 14.7 Å². The molecule has 4 aromatic rings. The first-order chi connectivity index (χ1) is 22.0. The largest absolute Gasteiger partial charge is 0.390 e. The summed E-state index contributed by atoms with van der Waals surface area (Å²) in [6.07, 6.45) is 1.43. The van der Waals surface area contributed by atoms with Crippen LogP contribution in [0.25, 0.3) is 0 Å². The lowest BCUT2D eigenvalue weighted by atomic mass is 9.86. The minimum atomic E-state index is -0.840. The highest BCUT2D eigenvalue weighted by Crippen LogP contribution is 2.35. The summed E-state index contributed by atoms with van der Waals surface area (Å²) in [6, 6.07) is 23.1. The Hall–Kier alpha value is -3.85. The second kappa shape index (κ2) is 14.7. The molecule has 1 aromatic heterocycles. The number of amides is 2. The Bertz CT molecular complexity index is 1650. The molecule has 0 aliphatic carbocycles. The Kier molecular flexibility index (Phi) is 10.7. The number of aliphatic hydroxyl groups excluding tert-OH is 1. The summed E-state index contributed by atoms with van der Waals surface area (Å²) >= 11 is 1.59. The van der Waals surface area contributed by atoms with Gasteiger partial charge in [0.2, 0.25) is 0 Å². The van der Waals surface area contributed by atoms with E-state index in [0.29, 0.717) is 37.2 Å². The fraction of sp³-hybridized carbons (Fsp3) is 0.395. The van der Waals surface area contributed by atoms with Crippen molar-refractivity contribution in [3.05, 3.63) is 122 Å².